The minimum absolute atomic E-state index is 0.590. The predicted octanol–water partition coefficient (Wildman–Crippen LogP) is 13.9. The standard InChI is InChI=1S/C51H30N4OS/c1-4-15-31(16-5-1)38-27-34(55-42-24-12-10-21-35(42)39-29-40-36-22-11-13-26-45(36)57-46(40)30-43(39)55)28-41-47-37(23-14-25-44(47)56-48(38)41)51-53-49(32-17-6-2-7-18-32)52-50(54-51)33-19-8-3-9-20-33/h1-30H. The second-order valence-electron chi connectivity index (χ2n) is 14.4. The number of thiophene rings is 1. The second kappa shape index (κ2) is 12.6. The van der Waals surface area contributed by atoms with Crippen LogP contribution < -0.4 is 0 Å². The topological polar surface area (TPSA) is 56.7 Å². The Morgan fingerprint density at radius 2 is 1.04 bits per heavy atom. The van der Waals surface area contributed by atoms with Gasteiger partial charge in [-0.2, -0.15) is 0 Å². The lowest BCUT2D eigenvalue weighted by molar-refractivity contribution is 0.670. The van der Waals surface area contributed by atoms with Gasteiger partial charge in [-0.3, -0.25) is 0 Å². The minimum atomic E-state index is 0.590. The highest BCUT2D eigenvalue weighted by molar-refractivity contribution is 7.25. The van der Waals surface area contributed by atoms with Crippen LogP contribution in [0.4, 0.5) is 0 Å². The van der Waals surface area contributed by atoms with Crippen LogP contribution in [0.1, 0.15) is 0 Å². The molecule has 0 aliphatic rings. The van der Waals surface area contributed by atoms with E-state index in [2.05, 4.69) is 114 Å². The third-order valence-corrected chi connectivity index (χ3v) is 12.2. The molecule has 12 rings (SSSR count). The molecule has 0 saturated heterocycles. The Morgan fingerprint density at radius 3 is 1.77 bits per heavy atom. The maximum atomic E-state index is 6.89. The first-order valence-electron chi connectivity index (χ1n) is 19.0. The molecule has 0 amide bonds. The van der Waals surface area contributed by atoms with Crippen molar-refractivity contribution in [1.82, 2.24) is 19.5 Å². The molecule has 0 saturated carbocycles. The summed E-state index contributed by atoms with van der Waals surface area (Å²) in [7, 11) is 0. The summed E-state index contributed by atoms with van der Waals surface area (Å²) in [5.74, 6) is 1.83. The number of hydrogen-bond donors (Lipinski definition) is 0. The van der Waals surface area contributed by atoms with Gasteiger partial charge in [0.05, 0.1) is 11.0 Å². The minimum Gasteiger partial charge on any atom is -0.455 e. The van der Waals surface area contributed by atoms with E-state index < -0.39 is 0 Å². The average Bonchev–Trinajstić information content (AvgIpc) is 3.95. The van der Waals surface area contributed by atoms with E-state index >= 15 is 0 Å². The van der Waals surface area contributed by atoms with Crippen molar-refractivity contribution in [2.75, 3.05) is 0 Å². The lowest BCUT2D eigenvalue weighted by atomic mass is 9.99. The molecule has 0 unspecified atom stereocenters. The van der Waals surface area contributed by atoms with E-state index in [1.54, 1.807) is 0 Å². The van der Waals surface area contributed by atoms with Crippen molar-refractivity contribution in [2.24, 2.45) is 0 Å². The van der Waals surface area contributed by atoms with Gasteiger partial charge < -0.3 is 8.98 Å². The number of nitrogens with zero attached hydrogens (tertiary/aromatic N) is 4. The zero-order valence-electron chi connectivity index (χ0n) is 30.4. The summed E-state index contributed by atoms with van der Waals surface area (Å²) >= 11 is 1.85. The van der Waals surface area contributed by atoms with Crippen molar-refractivity contribution < 1.29 is 4.42 Å². The van der Waals surface area contributed by atoms with E-state index in [0.29, 0.717) is 17.5 Å². The highest BCUT2D eigenvalue weighted by atomic mass is 32.1. The van der Waals surface area contributed by atoms with E-state index in [1.807, 2.05) is 84.1 Å². The number of furan rings is 1. The van der Waals surface area contributed by atoms with Gasteiger partial charge in [-0.1, -0.05) is 140 Å². The lowest BCUT2D eigenvalue weighted by Crippen LogP contribution is -2.00. The van der Waals surface area contributed by atoms with Crippen LogP contribution in [0.2, 0.25) is 0 Å². The molecule has 0 spiro atoms. The molecular weight excluding hydrogens is 717 g/mol. The van der Waals surface area contributed by atoms with E-state index in [0.717, 1.165) is 61.0 Å². The summed E-state index contributed by atoms with van der Waals surface area (Å²) in [6.45, 7) is 0. The van der Waals surface area contributed by atoms with Gasteiger partial charge in [-0.25, -0.2) is 15.0 Å². The van der Waals surface area contributed by atoms with E-state index in [-0.39, 0.29) is 0 Å². The maximum absolute atomic E-state index is 6.89. The van der Waals surface area contributed by atoms with Crippen LogP contribution in [0.5, 0.6) is 0 Å². The Kier molecular flexibility index (Phi) is 7.03. The quantitative estimate of drug-likeness (QED) is 0.176. The first kappa shape index (κ1) is 31.9. The zero-order chi connectivity index (χ0) is 37.5. The van der Waals surface area contributed by atoms with Crippen molar-refractivity contribution in [3.8, 4) is 51.0 Å². The van der Waals surface area contributed by atoms with Crippen LogP contribution in [0.3, 0.4) is 0 Å². The Morgan fingerprint density at radius 1 is 0.404 bits per heavy atom. The molecule has 4 aromatic heterocycles. The van der Waals surface area contributed by atoms with Crippen molar-refractivity contribution >= 4 is 75.3 Å². The smallest absolute Gasteiger partial charge is 0.164 e. The lowest BCUT2D eigenvalue weighted by Gasteiger charge is -2.12. The molecule has 5 nitrogen and oxygen atoms in total. The van der Waals surface area contributed by atoms with Crippen LogP contribution in [-0.2, 0) is 0 Å². The molecule has 8 aromatic carbocycles. The average molecular weight is 747 g/mol. The Hall–Kier alpha value is -7.41. The largest absolute Gasteiger partial charge is 0.455 e. The van der Waals surface area contributed by atoms with Crippen LogP contribution >= 0.6 is 11.3 Å². The molecule has 0 bridgehead atoms. The summed E-state index contributed by atoms with van der Waals surface area (Å²) in [4.78, 5) is 15.3. The molecule has 266 valence electrons. The Labute approximate surface area is 330 Å². The third kappa shape index (κ3) is 5.04. The van der Waals surface area contributed by atoms with E-state index in [9.17, 15) is 0 Å². The van der Waals surface area contributed by atoms with Crippen LogP contribution in [-0.4, -0.2) is 19.5 Å². The van der Waals surface area contributed by atoms with E-state index in [1.165, 1.54) is 36.5 Å². The summed E-state index contributed by atoms with van der Waals surface area (Å²) in [6, 6.07) is 63.7. The summed E-state index contributed by atoms with van der Waals surface area (Å²) in [6.07, 6.45) is 0. The normalized spacial score (nSPS) is 11.9. The van der Waals surface area contributed by atoms with Gasteiger partial charge in [0.1, 0.15) is 11.2 Å². The number of para-hydroxylation sites is 1. The van der Waals surface area contributed by atoms with Gasteiger partial charge in [0, 0.05) is 69.7 Å². The van der Waals surface area contributed by atoms with Crippen molar-refractivity contribution in [2.45, 2.75) is 0 Å². The summed E-state index contributed by atoms with van der Waals surface area (Å²) in [5.41, 5.74) is 9.79. The molecule has 0 N–H and O–H groups in total. The Bertz CT molecular complexity index is 3460. The van der Waals surface area contributed by atoms with Gasteiger partial charge in [-0.15, -0.1) is 11.3 Å². The predicted molar refractivity (Wildman–Crippen MR) is 236 cm³/mol. The fourth-order valence-corrected chi connectivity index (χ4v) is 9.58. The highest BCUT2D eigenvalue weighted by Gasteiger charge is 2.23. The van der Waals surface area contributed by atoms with Crippen molar-refractivity contribution in [1.29, 1.82) is 0 Å². The monoisotopic (exact) mass is 746 g/mol. The maximum Gasteiger partial charge on any atom is 0.164 e. The van der Waals surface area contributed by atoms with E-state index in [4.69, 9.17) is 19.4 Å². The fraction of sp³-hybridized carbons (Fsp3) is 0. The number of aromatic nitrogens is 4. The molecule has 12 aromatic rings. The highest BCUT2D eigenvalue weighted by Crippen LogP contribution is 2.45. The molecule has 57 heavy (non-hydrogen) atoms. The van der Waals surface area contributed by atoms with Crippen LogP contribution in [0, 0.1) is 0 Å². The number of fused-ring (bicyclic) bond motifs is 9. The molecule has 0 atom stereocenters. The summed E-state index contributed by atoms with van der Waals surface area (Å²) < 4.78 is 11.9. The number of benzene rings is 8. The molecule has 0 fully saturated rings. The van der Waals surface area contributed by atoms with Gasteiger partial charge in [0.15, 0.2) is 17.5 Å². The first-order valence-corrected chi connectivity index (χ1v) is 19.8. The van der Waals surface area contributed by atoms with Crippen molar-refractivity contribution in [3.05, 3.63) is 182 Å². The molecule has 0 radical (unpaired) electrons. The fourth-order valence-electron chi connectivity index (χ4n) is 8.46. The van der Waals surface area contributed by atoms with Gasteiger partial charge in [0.25, 0.3) is 0 Å². The zero-order valence-corrected chi connectivity index (χ0v) is 31.2. The molecule has 6 heteroatoms. The summed E-state index contributed by atoms with van der Waals surface area (Å²) in [5, 5.41) is 6.99. The third-order valence-electron chi connectivity index (χ3n) is 11.0. The number of rotatable bonds is 5. The second-order valence-corrected chi connectivity index (χ2v) is 15.5. The van der Waals surface area contributed by atoms with Gasteiger partial charge in [0.2, 0.25) is 0 Å². The molecular formula is C51H30N4OS. The SMILES string of the molecule is c1ccc(-c2nc(-c3ccccc3)nc(-c3cccc4oc5c(-c6ccccc6)cc(-n6c7ccccc7c7cc8c(cc76)sc6ccccc68)cc5c34)n2)cc1. The van der Waals surface area contributed by atoms with Crippen LogP contribution in [0.15, 0.2) is 186 Å². The van der Waals surface area contributed by atoms with Gasteiger partial charge >= 0.3 is 0 Å². The van der Waals surface area contributed by atoms with Crippen molar-refractivity contribution in [3.63, 3.8) is 0 Å². The molecule has 0 aliphatic carbocycles. The van der Waals surface area contributed by atoms with Crippen LogP contribution in [0.25, 0.3) is 115 Å². The van der Waals surface area contributed by atoms with Gasteiger partial charge in [-0.05, 0) is 48.0 Å². The number of hydrogen-bond acceptors (Lipinski definition) is 5. The first-order chi connectivity index (χ1) is 28.2. The Balaban J connectivity index is 1.17. The molecule has 4 heterocycles. The molecule has 0 aliphatic heterocycles.